The van der Waals surface area contributed by atoms with Gasteiger partial charge in [0.15, 0.2) is 0 Å². The lowest BCUT2D eigenvalue weighted by Crippen LogP contribution is -2.50. The molecule has 1 aromatic carbocycles. The zero-order chi connectivity index (χ0) is 22.7. The van der Waals surface area contributed by atoms with Gasteiger partial charge in [0.1, 0.15) is 16.5 Å². The molecule has 0 amide bonds. The van der Waals surface area contributed by atoms with E-state index < -0.39 is 26.7 Å². The number of nitrogens with zero attached hydrogens (tertiary/aromatic N) is 2. The fourth-order valence-corrected chi connectivity index (χ4v) is 6.04. The molecule has 174 valence electrons. The van der Waals surface area contributed by atoms with Crippen molar-refractivity contribution in [3.63, 3.8) is 0 Å². The van der Waals surface area contributed by atoms with Crippen LogP contribution in [0, 0.1) is 11.8 Å². The number of hydrogen-bond donors (Lipinski definition) is 2. The molecule has 0 unspecified atom stereocenters. The van der Waals surface area contributed by atoms with Crippen molar-refractivity contribution in [2.75, 3.05) is 23.1 Å². The second kappa shape index (κ2) is 9.89. The van der Waals surface area contributed by atoms with Crippen molar-refractivity contribution in [3.05, 3.63) is 47.1 Å². The lowest BCUT2D eigenvalue weighted by Gasteiger charge is -2.42. The van der Waals surface area contributed by atoms with Crippen LogP contribution >= 0.6 is 11.6 Å². The summed E-state index contributed by atoms with van der Waals surface area (Å²) in [6.45, 7) is 2.14. The first-order valence-electron chi connectivity index (χ1n) is 11.0. The number of piperidine rings is 1. The fraction of sp³-hybridized carbons (Fsp3) is 0.500. The Labute approximate surface area is 192 Å². The predicted octanol–water partition coefficient (Wildman–Crippen LogP) is 5.02. The van der Waals surface area contributed by atoms with E-state index in [0.717, 1.165) is 50.6 Å². The number of aromatic nitrogens is 1. The molecule has 10 heteroatoms. The minimum atomic E-state index is -4.34. The number of halogens is 3. The highest BCUT2D eigenvalue weighted by Crippen LogP contribution is 2.33. The molecule has 4 rings (SSSR count). The van der Waals surface area contributed by atoms with E-state index in [9.17, 15) is 17.2 Å². The highest BCUT2D eigenvalue weighted by Gasteiger charge is 2.32. The predicted molar refractivity (Wildman–Crippen MR) is 122 cm³/mol. The molecule has 1 saturated carbocycles. The molecule has 1 aromatic heterocycles. The second-order valence-corrected chi connectivity index (χ2v) is 10.5. The van der Waals surface area contributed by atoms with Crippen LogP contribution in [-0.4, -0.2) is 43.5 Å². The summed E-state index contributed by atoms with van der Waals surface area (Å²) in [7, 11) is -4.34. The Morgan fingerprint density at radius 3 is 2.53 bits per heavy atom. The molecule has 1 aliphatic heterocycles. The molecular weight excluding hydrogens is 458 g/mol. The van der Waals surface area contributed by atoms with Crippen molar-refractivity contribution in [3.8, 4) is 0 Å². The monoisotopic (exact) mass is 484 g/mol. The molecule has 2 heterocycles. The molecule has 2 atom stereocenters. The average Bonchev–Trinajstić information content (AvgIpc) is 2.76. The van der Waals surface area contributed by atoms with E-state index in [1.807, 2.05) is 0 Å². The maximum atomic E-state index is 14.9. The van der Waals surface area contributed by atoms with Crippen molar-refractivity contribution in [1.29, 1.82) is 0 Å². The van der Waals surface area contributed by atoms with Gasteiger partial charge in [0, 0.05) is 12.1 Å². The normalized spacial score (nSPS) is 22.5. The number of sulfonamides is 1. The van der Waals surface area contributed by atoms with E-state index >= 15 is 0 Å². The van der Waals surface area contributed by atoms with Gasteiger partial charge in [0.05, 0.1) is 10.7 Å². The summed E-state index contributed by atoms with van der Waals surface area (Å²) >= 11 is 6.38. The van der Waals surface area contributed by atoms with Gasteiger partial charge in [0.2, 0.25) is 5.95 Å². The van der Waals surface area contributed by atoms with Crippen LogP contribution in [0.25, 0.3) is 0 Å². The van der Waals surface area contributed by atoms with Crippen molar-refractivity contribution >= 4 is 33.1 Å². The fourth-order valence-electron chi connectivity index (χ4n) is 4.67. The average molecular weight is 485 g/mol. The molecule has 1 saturated heterocycles. The van der Waals surface area contributed by atoms with Crippen LogP contribution in [0.5, 0.6) is 0 Å². The van der Waals surface area contributed by atoms with E-state index in [2.05, 4.69) is 19.9 Å². The third-order valence-electron chi connectivity index (χ3n) is 6.20. The first kappa shape index (κ1) is 23.2. The Balaban J connectivity index is 1.54. The number of nitrogens with one attached hydrogen (secondary N) is 2. The first-order chi connectivity index (χ1) is 15.3. The topological polar surface area (TPSA) is 74.3 Å². The number of benzene rings is 1. The van der Waals surface area contributed by atoms with E-state index in [4.69, 9.17) is 11.6 Å². The molecule has 0 spiro atoms. The zero-order valence-corrected chi connectivity index (χ0v) is 19.2. The summed E-state index contributed by atoms with van der Waals surface area (Å²) in [5.41, 5.74) is 0.376. The molecule has 6 nitrogen and oxygen atoms in total. The quantitative estimate of drug-likeness (QED) is 0.563. The molecule has 0 bridgehead atoms. The number of likely N-dealkylation sites (tertiary alicyclic amines) is 1. The largest absolute Gasteiger partial charge is 0.379 e. The Bertz CT molecular complexity index is 1060. The lowest BCUT2D eigenvalue weighted by atomic mass is 9.88. The maximum absolute atomic E-state index is 14.9. The summed E-state index contributed by atoms with van der Waals surface area (Å²) < 4.78 is 55.6. The van der Waals surface area contributed by atoms with Crippen molar-refractivity contribution in [2.24, 2.45) is 0 Å². The first-order valence-corrected chi connectivity index (χ1v) is 12.8. The van der Waals surface area contributed by atoms with Crippen LogP contribution < -0.4 is 10.0 Å². The second-order valence-electron chi connectivity index (χ2n) is 8.41. The van der Waals surface area contributed by atoms with Crippen LogP contribution in [-0.2, 0) is 10.0 Å². The molecule has 2 N–H and O–H groups in total. The van der Waals surface area contributed by atoms with Crippen LogP contribution in [0.3, 0.4) is 0 Å². The molecule has 2 aliphatic rings. The highest BCUT2D eigenvalue weighted by atomic mass is 35.5. The molecule has 32 heavy (non-hydrogen) atoms. The minimum Gasteiger partial charge on any atom is -0.379 e. The van der Waals surface area contributed by atoms with Gasteiger partial charge in [-0.15, -0.1) is 0 Å². The van der Waals surface area contributed by atoms with E-state index in [1.54, 1.807) is 0 Å². The molecule has 2 aromatic rings. The van der Waals surface area contributed by atoms with Gasteiger partial charge in [-0.2, -0.15) is 4.39 Å². The van der Waals surface area contributed by atoms with Gasteiger partial charge in [0.25, 0.3) is 10.0 Å². The van der Waals surface area contributed by atoms with Crippen LogP contribution in [0.2, 0.25) is 5.02 Å². The summed E-state index contributed by atoms with van der Waals surface area (Å²) in [5.74, 6) is -2.03. The molecule has 2 fully saturated rings. The Morgan fingerprint density at radius 2 is 1.78 bits per heavy atom. The van der Waals surface area contributed by atoms with Gasteiger partial charge < -0.3 is 5.32 Å². The minimum absolute atomic E-state index is 0.113. The van der Waals surface area contributed by atoms with Gasteiger partial charge >= 0.3 is 0 Å². The Morgan fingerprint density at radius 1 is 1.03 bits per heavy atom. The van der Waals surface area contributed by atoms with Crippen LogP contribution in [0.15, 0.2) is 35.2 Å². The SMILES string of the molecule is O=S(=O)(Nc1cccc(F)n1)c1cc(Cl)c(N[C@H]2CCCC[C@@H]2N2CCCCC2)cc1F. The summed E-state index contributed by atoms with van der Waals surface area (Å²) in [6, 6.07) is 6.34. The maximum Gasteiger partial charge on any atom is 0.266 e. The summed E-state index contributed by atoms with van der Waals surface area (Å²) in [4.78, 5) is 5.35. The van der Waals surface area contributed by atoms with Crippen LogP contribution in [0.1, 0.15) is 44.9 Å². The van der Waals surface area contributed by atoms with Crippen molar-refractivity contribution < 1.29 is 17.2 Å². The standard InChI is InChI=1S/C22H27ClF2N4O2S/c23-15-13-20(32(30,31)28-22-10-6-9-21(25)27-22)16(24)14-18(15)26-17-7-2-3-8-19(17)29-11-4-1-5-12-29/h6,9-10,13-14,17,19,26H,1-5,7-8,11-12H2,(H,27,28)/t17-,19-/m0/s1. The van der Waals surface area contributed by atoms with Gasteiger partial charge in [-0.1, -0.05) is 36.9 Å². The van der Waals surface area contributed by atoms with E-state index in [1.165, 1.54) is 37.8 Å². The lowest BCUT2D eigenvalue weighted by molar-refractivity contribution is 0.121. The third-order valence-corrected chi connectivity index (χ3v) is 7.88. The summed E-state index contributed by atoms with van der Waals surface area (Å²) in [5, 5.41) is 3.50. The Kier molecular flexibility index (Phi) is 7.17. The zero-order valence-electron chi connectivity index (χ0n) is 17.7. The molecule has 0 radical (unpaired) electrons. The number of rotatable bonds is 6. The van der Waals surface area contributed by atoms with Crippen molar-refractivity contribution in [2.45, 2.75) is 61.9 Å². The van der Waals surface area contributed by atoms with Gasteiger partial charge in [-0.3, -0.25) is 9.62 Å². The smallest absolute Gasteiger partial charge is 0.266 e. The van der Waals surface area contributed by atoms with Crippen LogP contribution in [0.4, 0.5) is 20.3 Å². The number of anilines is 2. The van der Waals surface area contributed by atoms with Crippen molar-refractivity contribution in [1.82, 2.24) is 9.88 Å². The molecule has 1 aliphatic carbocycles. The highest BCUT2D eigenvalue weighted by molar-refractivity contribution is 7.92. The number of pyridine rings is 1. The summed E-state index contributed by atoms with van der Waals surface area (Å²) in [6.07, 6.45) is 7.92. The van der Waals surface area contributed by atoms with E-state index in [-0.39, 0.29) is 16.9 Å². The Hall–Kier alpha value is -1.97. The molecular formula is C22H27ClF2N4O2S. The third kappa shape index (κ3) is 5.32. The van der Waals surface area contributed by atoms with E-state index in [0.29, 0.717) is 11.7 Å². The number of hydrogen-bond acceptors (Lipinski definition) is 5. The van der Waals surface area contributed by atoms with Gasteiger partial charge in [-0.05, 0) is 63.0 Å². The van der Waals surface area contributed by atoms with Gasteiger partial charge in [-0.25, -0.2) is 17.8 Å².